The molecular weight excluding hydrogens is 434 g/mol. The van der Waals surface area contributed by atoms with Crippen LogP contribution in [0.15, 0.2) is 48.7 Å². The normalized spacial score (nSPS) is 19.1. The summed E-state index contributed by atoms with van der Waals surface area (Å²) in [4.78, 5) is 44.0. The van der Waals surface area contributed by atoms with Crippen molar-refractivity contribution in [2.75, 3.05) is 13.7 Å². The van der Waals surface area contributed by atoms with Crippen molar-refractivity contribution < 1.29 is 24.2 Å². The molecule has 1 atom stereocenters. The van der Waals surface area contributed by atoms with Gasteiger partial charge in [0.05, 0.1) is 25.7 Å². The molecule has 170 valence electrons. The van der Waals surface area contributed by atoms with E-state index < -0.39 is 17.2 Å². The number of hydrogen-bond acceptors (Lipinski definition) is 6. The van der Waals surface area contributed by atoms with Crippen molar-refractivity contribution in [2.24, 2.45) is 5.41 Å². The van der Waals surface area contributed by atoms with Gasteiger partial charge in [0.15, 0.2) is 0 Å². The molecule has 34 heavy (non-hydrogen) atoms. The highest BCUT2D eigenvalue weighted by Gasteiger charge is 2.48. The summed E-state index contributed by atoms with van der Waals surface area (Å²) in [5.41, 5.74) is 1.95. The Morgan fingerprint density at radius 3 is 2.79 bits per heavy atom. The molecule has 0 bridgehead atoms. The van der Waals surface area contributed by atoms with Crippen LogP contribution in [-0.2, 0) is 22.7 Å². The van der Waals surface area contributed by atoms with Crippen LogP contribution in [-0.4, -0.2) is 46.4 Å². The third-order valence-corrected chi connectivity index (χ3v) is 6.24. The van der Waals surface area contributed by atoms with Gasteiger partial charge in [0, 0.05) is 35.8 Å². The molecule has 3 amide bonds. The smallest absolute Gasteiger partial charge is 0.254 e. The number of carbonyl (C=O) groups excluding carboxylic acids is 3. The molecule has 2 N–H and O–H groups in total. The van der Waals surface area contributed by atoms with E-state index in [9.17, 15) is 19.5 Å². The third-order valence-electron chi connectivity index (χ3n) is 6.24. The maximum absolute atomic E-state index is 13.0. The van der Waals surface area contributed by atoms with Crippen LogP contribution in [0, 0.1) is 17.3 Å². The standard InChI is InChI=1S/C26H21N3O5/c1-34-19-6-5-17-13-29(24(32)21(17)10-19)15-26(11-23(31)28-25(26)33)8-7-16-9-20-18(14-30)3-2-4-22(20)27-12-16/h2-6,9-10,12,30H,11,13-15H2,1H3,(H,28,31,33)/t26-/m1/s1. The minimum absolute atomic E-state index is 0.0176. The number of aliphatic hydroxyl groups is 1. The van der Waals surface area contributed by atoms with E-state index in [0.29, 0.717) is 29.0 Å². The number of benzene rings is 2. The SMILES string of the molecule is COc1ccc2c(c1)C(=O)N(C[C@@]1(C#Cc3cnc4cccc(CO)c4c3)CC(=O)NC1=O)C2. The predicted molar refractivity (Wildman–Crippen MR) is 122 cm³/mol. The van der Waals surface area contributed by atoms with E-state index in [0.717, 1.165) is 16.5 Å². The maximum atomic E-state index is 13.0. The quantitative estimate of drug-likeness (QED) is 0.459. The summed E-state index contributed by atoms with van der Waals surface area (Å²) >= 11 is 0. The number of ether oxygens (including phenoxy) is 1. The lowest BCUT2D eigenvalue weighted by Crippen LogP contribution is -2.42. The zero-order valence-electron chi connectivity index (χ0n) is 18.4. The van der Waals surface area contributed by atoms with Gasteiger partial charge in [0.1, 0.15) is 11.2 Å². The number of fused-ring (bicyclic) bond motifs is 2. The Kier molecular flexibility index (Phi) is 5.27. The van der Waals surface area contributed by atoms with Gasteiger partial charge in [-0.1, -0.05) is 30.0 Å². The fourth-order valence-corrected chi connectivity index (χ4v) is 4.44. The second-order valence-electron chi connectivity index (χ2n) is 8.44. The summed E-state index contributed by atoms with van der Waals surface area (Å²) < 4.78 is 5.22. The second-order valence-corrected chi connectivity index (χ2v) is 8.44. The van der Waals surface area contributed by atoms with E-state index in [1.54, 1.807) is 35.4 Å². The first-order valence-corrected chi connectivity index (χ1v) is 10.7. The summed E-state index contributed by atoms with van der Waals surface area (Å²) in [5, 5.41) is 12.7. The zero-order valence-corrected chi connectivity index (χ0v) is 18.4. The van der Waals surface area contributed by atoms with Crippen molar-refractivity contribution in [1.82, 2.24) is 15.2 Å². The molecule has 0 radical (unpaired) electrons. The predicted octanol–water partition coefficient (Wildman–Crippen LogP) is 1.78. The molecule has 1 aromatic heterocycles. The Bertz CT molecular complexity index is 1420. The molecule has 2 aliphatic heterocycles. The largest absolute Gasteiger partial charge is 0.497 e. The number of pyridine rings is 1. The number of nitrogens with one attached hydrogen (secondary N) is 1. The Balaban J connectivity index is 1.49. The third kappa shape index (κ3) is 3.66. The molecule has 0 saturated carbocycles. The van der Waals surface area contributed by atoms with Gasteiger partial charge in [-0.2, -0.15) is 0 Å². The van der Waals surface area contributed by atoms with E-state index >= 15 is 0 Å². The number of amides is 3. The van der Waals surface area contributed by atoms with Crippen molar-refractivity contribution in [2.45, 2.75) is 19.6 Å². The van der Waals surface area contributed by atoms with Crippen LogP contribution in [0.4, 0.5) is 0 Å². The summed E-state index contributed by atoms with van der Waals surface area (Å²) in [6.45, 7) is 0.163. The lowest BCUT2D eigenvalue weighted by Gasteiger charge is -2.25. The zero-order chi connectivity index (χ0) is 23.9. The molecule has 1 fully saturated rings. The summed E-state index contributed by atoms with van der Waals surface area (Å²) in [6.07, 6.45) is 1.45. The van der Waals surface area contributed by atoms with E-state index in [1.807, 2.05) is 18.2 Å². The van der Waals surface area contributed by atoms with E-state index in [1.165, 1.54) is 7.11 Å². The fourth-order valence-electron chi connectivity index (χ4n) is 4.44. The van der Waals surface area contributed by atoms with Crippen molar-refractivity contribution in [3.8, 4) is 17.6 Å². The van der Waals surface area contributed by atoms with Crippen LogP contribution < -0.4 is 10.1 Å². The van der Waals surface area contributed by atoms with Crippen LogP contribution in [0.3, 0.4) is 0 Å². The van der Waals surface area contributed by atoms with Crippen LogP contribution in [0.1, 0.15) is 33.5 Å². The first kappa shape index (κ1) is 21.6. The molecular formula is C26H21N3O5. The number of nitrogens with zero attached hydrogens (tertiary/aromatic N) is 2. The Morgan fingerprint density at radius 1 is 1.21 bits per heavy atom. The fraction of sp³-hybridized carbons (Fsp3) is 0.231. The van der Waals surface area contributed by atoms with E-state index in [4.69, 9.17) is 4.74 Å². The van der Waals surface area contributed by atoms with Gasteiger partial charge in [0.25, 0.3) is 5.91 Å². The van der Waals surface area contributed by atoms with Gasteiger partial charge in [-0.25, -0.2) is 0 Å². The first-order valence-electron chi connectivity index (χ1n) is 10.7. The van der Waals surface area contributed by atoms with Crippen LogP contribution in [0.5, 0.6) is 5.75 Å². The highest BCUT2D eigenvalue weighted by atomic mass is 16.5. The van der Waals surface area contributed by atoms with Gasteiger partial charge in [-0.3, -0.25) is 24.7 Å². The van der Waals surface area contributed by atoms with Crippen molar-refractivity contribution >= 4 is 28.6 Å². The molecule has 3 aromatic rings. The number of aliphatic hydroxyl groups excluding tert-OH is 1. The van der Waals surface area contributed by atoms with Crippen LogP contribution in [0.2, 0.25) is 0 Å². The molecule has 0 unspecified atom stereocenters. The van der Waals surface area contributed by atoms with Gasteiger partial charge in [-0.15, -0.1) is 0 Å². The number of rotatable bonds is 4. The van der Waals surface area contributed by atoms with Gasteiger partial charge in [-0.05, 0) is 35.4 Å². The van der Waals surface area contributed by atoms with Gasteiger partial charge in [0.2, 0.25) is 11.8 Å². The van der Waals surface area contributed by atoms with Gasteiger partial charge < -0.3 is 14.7 Å². The highest BCUT2D eigenvalue weighted by Crippen LogP contribution is 2.33. The molecule has 8 nitrogen and oxygen atoms in total. The number of hydrogen-bond donors (Lipinski definition) is 2. The lowest BCUT2D eigenvalue weighted by atomic mass is 9.85. The molecule has 8 heteroatoms. The number of imide groups is 1. The van der Waals surface area contributed by atoms with Crippen molar-refractivity contribution in [1.29, 1.82) is 0 Å². The monoisotopic (exact) mass is 455 g/mol. The van der Waals surface area contributed by atoms with Crippen molar-refractivity contribution in [3.63, 3.8) is 0 Å². The van der Waals surface area contributed by atoms with Crippen LogP contribution in [0.25, 0.3) is 10.9 Å². The lowest BCUT2D eigenvalue weighted by molar-refractivity contribution is -0.127. The molecule has 2 aromatic carbocycles. The summed E-state index contributed by atoms with van der Waals surface area (Å²) in [7, 11) is 1.53. The number of carbonyl (C=O) groups is 3. The average Bonchev–Trinajstić information content (AvgIpc) is 3.31. The Labute approximate surface area is 195 Å². The Morgan fingerprint density at radius 2 is 2.06 bits per heavy atom. The molecule has 0 spiro atoms. The Hall–Kier alpha value is -4.22. The molecule has 1 saturated heterocycles. The van der Waals surface area contributed by atoms with E-state index in [-0.39, 0.29) is 25.5 Å². The summed E-state index contributed by atoms with van der Waals surface area (Å²) in [6, 6.07) is 12.5. The number of methoxy groups -OCH3 is 1. The minimum Gasteiger partial charge on any atom is -0.497 e. The van der Waals surface area contributed by atoms with Crippen LogP contribution >= 0.6 is 0 Å². The average molecular weight is 455 g/mol. The molecule has 0 aliphatic carbocycles. The van der Waals surface area contributed by atoms with Gasteiger partial charge >= 0.3 is 0 Å². The molecule has 2 aliphatic rings. The highest BCUT2D eigenvalue weighted by molar-refractivity contribution is 6.08. The second kappa shape index (κ2) is 8.28. The maximum Gasteiger partial charge on any atom is 0.254 e. The first-order chi connectivity index (χ1) is 16.4. The number of aromatic nitrogens is 1. The minimum atomic E-state index is -1.37. The summed E-state index contributed by atoms with van der Waals surface area (Å²) in [5.74, 6) is 5.37. The molecule has 5 rings (SSSR count). The van der Waals surface area contributed by atoms with Crippen molar-refractivity contribution in [3.05, 3.63) is 70.9 Å². The molecule has 3 heterocycles. The van der Waals surface area contributed by atoms with E-state index in [2.05, 4.69) is 22.1 Å². The topological polar surface area (TPSA) is 109 Å².